The van der Waals surface area contributed by atoms with E-state index in [1.54, 1.807) is 30.3 Å². The van der Waals surface area contributed by atoms with E-state index in [9.17, 15) is 18.3 Å². The van der Waals surface area contributed by atoms with Crippen LogP contribution >= 0.6 is 0 Å². The lowest BCUT2D eigenvalue weighted by molar-refractivity contribution is -0.119. The van der Waals surface area contributed by atoms with Crippen LogP contribution in [0.4, 0.5) is 13.2 Å². The van der Waals surface area contributed by atoms with Crippen LogP contribution in [0.15, 0.2) is 42.5 Å². The van der Waals surface area contributed by atoms with Crippen molar-refractivity contribution in [3.63, 3.8) is 0 Å². The van der Waals surface area contributed by atoms with Gasteiger partial charge in [0.15, 0.2) is 0 Å². The van der Waals surface area contributed by atoms with Crippen LogP contribution in [0.25, 0.3) is 0 Å². The molecular weight excluding hydrogens is 253 g/mol. The van der Waals surface area contributed by atoms with Gasteiger partial charge in [-0.25, -0.2) is 0 Å². The van der Waals surface area contributed by atoms with Crippen LogP contribution in [0.2, 0.25) is 0 Å². The van der Waals surface area contributed by atoms with Crippen molar-refractivity contribution in [3.8, 4) is 0 Å². The van der Waals surface area contributed by atoms with Crippen LogP contribution in [-0.2, 0) is 0 Å². The molecule has 1 fully saturated rings. The molecular formula is C15H17F3O. The van der Waals surface area contributed by atoms with Gasteiger partial charge < -0.3 is 5.11 Å². The molecule has 1 aliphatic rings. The zero-order valence-corrected chi connectivity index (χ0v) is 10.6. The molecule has 0 spiro atoms. The molecule has 1 saturated carbocycles. The summed E-state index contributed by atoms with van der Waals surface area (Å²) in [5, 5.41) is 10.4. The Balaban J connectivity index is 2.38. The molecule has 1 unspecified atom stereocenters. The SMILES string of the molecule is C=C(C(F)(F)F)C1(C(O)c2ccccc2)CCCC1. The number of rotatable bonds is 3. The summed E-state index contributed by atoms with van der Waals surface area (Å²) in [4.78, 5) is 0. The van der Waals surface area contributed by atoms with Crippen molar-refractivity contribution in [2.24, 2.45) is 5.41 Å². The van der Waals surface area contributed by atoms with Gasteiger partial charge in [0.2, 0.25) is 0 Å². The average Bonchev–Trinajstić information content (AvgIpc) is 2.87. The zero-order chi connectivity index (χ0) is 14.1. The largest absolute Gasteiger partial charge is 0.412 e. The van der Waals surface area contributed by atoms with E-state index < -0.39 is 23.3 Å². The molecule has 4 heteroatoms. The minimum absolute atomic E-state index is 0.335. The third kappa shape index (κ3) is 2.54. The second kappa shape index (κ2) is 5.00. The fourth-order valence-corrected chi connectivity index (χ4v) is 2.98. The first-order valence-electron chi connectivity index (χ1n) is 6.37. The van der Waals surface area contributed by atoms with Crippen molar-refractivity contribution < 1.29 is 18.3 Å². The van der Waals surface area contributed by atoms with Crippen molar-refractivity contribution in [3.05, 3.63) is 48.0 Å². The summed E-state index contributed by atoms with van der Waals surface area (Å²) >= 11 is 0. The van der Waals surface area contributed by atoms with Crippen molar-refractivity contribution in [1.29, 1.82) is 0 Å². The molecule has 1 nitrogen and oxygen atoms in total. The summed E-state index contributed by atoms with van der Waals surface area (Å²) in [6.45, 7) is 3.24. The fourth-order valence-electron chi connectivity index (χ4n) is 2.98. The molecule has 0 saturated heterocycles. The lowest BCUT2D eigenvalue weighted by Crippen LogP contribution is -2.34. The van der Waals surface area contributed by atoms with E-state index in [1.807, 2.05) is 0 Å². The highest BCUT2D eigenvalue weighted by Gasteiger charge is 2.52. The third-order valence-corrected chi connectivity index (χ3v) is 4.08. The van der Waals surface area contributed by atoms with Crippen LogP contribution in [0.5, 0.6) is 0 Å². The number of benzene rings is 1. The molecule has 0 aliphatic heterocycles. The molecule has 19 heavy (non-hydrogen) atoms. The third-order valence-electron chi connectivity index (χ3n) is 4.08. The van der Waals surface area contributed by atoms with Crippen LogP contribution in [0.1, 0.15) is 37.4 Å². The van der Waals surface area contributed by atoms with Gasteiger partial charge in [-0.15, -0.1) is 0 Å². The zero-order valence-electron chi connectivity index (χ0n) is 10.6. The van der Waals surface area contributed by atoms with Crippen LogP contribution in [0.3, 0.4) is 0 Å². The van der Waals surface area contributed by atoms with Gasteiger partial charge in [-0.1, -0.05) is 49.8 Å². The first-order valence-corrected chi connectivity index (χ1v) is 6.37. The Labute approximate surface area is 110 Å². The topological polar surface area (TPSA) is 20.2 Å². The highest BCUT2D eigenvalue weighted by Crippen LogP contribution is 2.56. The molecule has 1 N–H and O–H groups in total. The van der Waals surface area contributed by atoms with E-state index >= 15 is 0 Å². The predicted molar refractivity (Wildman–Crippen MR) is 67.5 cm³/mol. The number of hydrogen-bond donors (Lipinski definition) is 1. The van der Waals surface area contributed by atoms with Gasteiger partial charge in [-0.05, 0) is 18.4 Å². The Kier molecular flexibility index (Phi) is 3.72. The van der Waals surface area contributed by atoms with Gasteiger partial charge in [0.05, 0.1) is 6.10 Å². The van der Waals surface area contributed by atoms with Crippen molar-refractivity contribution in [2.75, 3.05) is 0 Å². The monoisotopic (exact) mass is 270 g/mol. The summed E-state index contributed by atoms with van der Waals surface area (Å²) in [6.07, 6.45) is -3.55. The molecule has 1 aromatic rings. The Morgan fingerprint density at radius 2 is 1.68 bits per heavy atom. The van der Waals surface area contributed by atoms with Gasteiger partial charge in [0.25, 0.3) is 0 Å². The molecule has 1 atom stereocenters. The average molecular weight is 270 g/mol. The van der Waals surface area contributed by atoms with E-state index in [4.69, 9.17) is 0 Å². The quantitative estimate of drug-likeness (QED) is 0.807. The summed E-state index contributed by atoms with van der Waals surface area (Å²) in [5.74, 6) is 0. The highest BCUT2D eigenvalue weighted by atomic mass is 19.4. The molecule has 1 aromatic carbocycles. The molecule has 0 heterocycles. The molecule has 2 rings (SSSR count). The van der Waals surface area contributed by atoms with Crippen molar-refractivity contribution in [2.45, 2.75) is 38.0 Å². The maximum Gasteiger partial charge on any atom is 0.412 e. The molecule has 0 aromatic heterocycles. The standard InChI is InChI=1S/C15H17F3O/c1-11(15(16,17)18)14(9-5-6-10-14)13(19)12-7-3-2-4-8-12/h2-4,7-8,13,19H,1,5-6,9-10H2. The first kappa shape index (κ1) is 14.1. The Bertz CT molecular complexity index is 444. The summed E-state index contributed by atoms with van der Waals surface area (Å²) in [5.41, 5.74) is -1.54. The number of hydrogen-bond acceptors (Lipinski definition) is 1. The lowest BCUT2D eigenvalue weighted by Gasteiger charge is -2.37. The maximum absolute atomic E-state index is 13.0. The second-order valence-corrected chi connectivity index (χ2v) is 5.15. The van der Waals surface area contributed by atoms with E-state index in [1.165, 1.54) is 0 Å². The number of halogens is 3. The van der Waals surface area contributed by atoms with Crippen LogP contribution < -0.4 is 0 Å². The van der Waals surface area contributed by atoms with E-state index in [0.717, 1.165) is 0 Å². The molecule has 104 valence electrons. The van der Waals surface area contributed by atoms with Crippen molar-refractivity contribution >= 4 is 0 Å². The Morgan fingerprint density at radius 1 is 1.16 bits per heavy atom. The molecule has 0 bridgehead atoms. The van der Waals surface area contributed by atoms with E-state index in [2.05, 4.69) is 6.58 Å². The number of aliphatic hydroxyl groups excluding tert-OH is 1. The van der Waals surface area contributed by atoms with Crippen molar-refractivity contribution in [1.82, 2.24) is 0 Å². The van der Waals surface area contributed by atoms with Crippen LogP contribution in [-0.4, -0.2) is 11.3 Å². The summed E-state index contributed by atoms with van der Waals surface area (Å²) < 4.78 is 39.0. The van der Waals surface area contributed by atoms with Crippen LogP contribution in [0, 0.1) is 5.41 Å². The lowest BCUT2D eigenvalue weighted by atomic mass is 9.71. The first-order chi connectivity index (χ1) is 8.88. The predicted octanol–water partition coefficient (Wildman–Crippen LogP) is 4.40. The smallest absolute Gasteiger partial charge is 0.387 e. The Morgan fingerprint density at radius 3 is 2.16 bits per heavy atom. The molecule has 1 aliphatic carbocycles. The summed E-state index contributed by atoms with van der Waals surface area (Å²) in [7, 11) is 0. The molecule has 0 radical (unpaired) electrons. The highest BCUT2D eigenvalue weighted by molar-refractivity contribution is 5.28. The number of aliphatic hydroxyl groups is 1. The van der Waals surface area contributed by atoms with Gasteiger partial charge in [-0.2, -0.15) is 13.2 Å². The number of alkyl halides is 3. The maximum atomic E-state index is 13.0. The second-order valence-electron chi connectivity index (χ2n) is 5.15. The van der Waals surface area contributed by atoms with Gasteiger partial charge >= 0.3 is 6.18 Å². The normalized spacial score (nSPS) is 20.2. The summed E-state index contributed by atoms with van der Waals surface area (Å²) in [6, 6.07) is 8.54. The van der Waals surface area contributed by atoms with Gasteiger partial charge in [0, 0.05) is 11.0 Å². The van der Waals surface area contributed by atoms with Gasteiger partial charge in [-0.3, -0.25) is 0 Å². The van der Waals surface area contributed by atoms with Gasteiger partial charge in [0.1, 0.15) is 0 Å². The Hall–Kier alpha value is -1.29. The molecule has 0 amide bonds. The van der Waals surface area contributed by atoms with E-state index in [-0.39, 0.29) is 0 Å². The van der Waals surface area contributed by atoms with E-state index in [0.29, 0.717) is 31.2 Å². The minimum Gasteiger partial charge on any atom is -0.387 e. The fraction of sp³-hybridized carbons (Fsp3) is 0.467. The minimum atomic E-state index is -4.46.